The normalized spacial score (nSPS) is 37.7. The van der Waals surface area contributed by atoms with Crippen LogP contribution in [0.4, 0.5) is 0 Å². The van der Waals surface area contributed by atoms with Crippen LogP contribution in [0.2, 0.25) is 0 Å². The van der Waals surface area contributed by atoms with Gasteiger partial charge in [0.1, 0.15) is 0 Å². The van der Waals surface area contributed by atoms with Gasteiger partial charge in [0.05, 0.1) is 0 Å². The molecule has 0 amide bonds. The molecule has 0 aromatic rings. The van der Waals surface area contributed by atoms with E-state index in [4.69, 9.17) is 12.2 Å². The molecule has 3 rings (SSSR count). The standard InChI is InChI=1S/C15H27N3S/c1-2-18-7-3-4-13(18)10-16-15(19)17-14-9-11-5-6-12(14)8-11/h11-14H,2-10H2,1H3,(H2,16,17,19)/t11-,12-,13+,14+/m0/s1. The van der Waals surface area contributed by atoms with Gasteiger partial charge in [0.25, 0.3) is 0 Å². The molecule has 0 unspecified atom stereocenters. The number of likely N-dealkylation sites (N-methyl/N-ethyl adjacent to an activating group) is 1. The Kier molecular flexibility index (Phi) is 4.27. The topological polar surface area (TPSA) is 27.3 Å². The summed E-state index contributed by atoms with van der Waals surface area (Å²) in [6, 6.07) is 1.34. The van der Waals surface area contributed by atoms with Gasteiger partial charge in [-0.05, 0) is 69.2 Å². The lowest BCUT2D eigenvalue weighted by atomic mass is 9.96. The van der Waals surface area contributed by atoms with Crippen molar-refractivity contribution >= 4 is 17.3 Å². The van der Waals surface area contributed by atoms with Crippen LogP contribution in [0.1, 0.15) is 45.4 Å². The van der Waals surface area contributed by atoms with E-state index in [1.165, 1.54) is 51.6 Å². The lowest BCUT2D eigenvalue weighted by Crippen LogP contribution is -2.48. The van der Waals surface area contributed by atoms with E-state index in [-0.39, 0.29) is 0 Å². The third-order valence-electron chi connectivity index (χ3n) is 5.46. The number of hydrogen-bond acceptors (Lipinski definition) is 2. The van der Waals surface area contributed by atoms with E-state index < -0.39 is 0 Å². The van der Waals surface area contributed by atoms with Crippen LogP contribution < -0.4 is 10.6 Å². The second-order valence-electron chi connectivity index (χ2n) is 6.56. The maximum Gasteiger partial charge on any atom is 0.166 e. The van der Waals surface area contributed by atoms with Gasteiger partial charge in [-0.1, -0.05) is 13.3 Å². The SMILES string of the molecule is CCN1CCC[C@@H]1CNC(=S)N[C@@H]1C[C@H]2CC[C@H]1C2. The third-order valence-corrected chi connectivity index (χ3v) is 5.72. The quantitative estimate of drug-likeness (QED) is 0.772. The fourth-order valence-corrected chi connectivity index (χ4v) is 4.63. The predicted octanol–water partition coefficient (Wildman–Crippen LogP) is 2.12. The number of hydrogen-bond donors (Lipinski definition) is 2. The number of likely N-dealkylation sites (tertiary alicyclic amines) is 1. The predicted molar refractivity (Wildman–Crippen MR) is 83.2 cm³/mol. The van der Waals surface area contributed by atoms with Crippen molar-refractivity contribution in [3.63, 3.8) is 0 Å². The van der Waals surface area contributed by atoms with E-state index in [1.807, 2.05) is 0 Å². The van der Waals surface area contributed by atoms with Crippen LogP contribution in [-0.2, 0) is 0 Å². The van der Waals surface area contributed by atoms with E-state index >= 15 is 0 Å². The molecule has 4 heteroatoms. The van der Waals surface area contributed by atoms with Crippen LogP contribution in [0.25, 0.3) is 0 Å². The molecule has 0 radical (unpaired) electrons. The maximum absolute atomic E-state index is 5.48. The summed E-state index contributed by atoms with van der Waals surface area (Å²) in [5, 5.41) is 7.91. The highest BCUT2D eigenvalue weighted by atomic mass is 32.1. The summed E-state index contributed by atoms with van der Waals surface area (Å²) in [6.07, 6.45) is 8.31. The minimum atomic E-state index is 0.657. The first-order valence-corrected chi connectivity index (χ1v) is 8.45. The fraction of sp³-hybridized carbons (Fsp3) is 0.933. The minimum absolute atomic E-state index is 0.657. The minimum Gasteiger partial charge on any atom is -0.361 e. The summed E-state index contributed by atoms with van der Waals surface area (Å²) in [7, 11) is 0. The number of nitrogens with zero attached hydrogens (tertiary/aromatic N) is 1. The third kappa shape index (κ3) is 3.05. The van der Waals surface area contributed by atoms with Gasteiger partial charge in [0.15, 0.2) is 5.11 Å². The van der Waals surface area contributed by atoms with Crippen molar-refractivity contribution in [3.8, 4) is 0 Å². The average Bonchev–Trinajstić information content (AvgIpc) is 3.11. The maximum atomic E-state index is 5.48. The zero-order valence-corrected chi connectivity index (χ0v) is 12.8. The zero-order chi connectivity index (χ0) is 13.2. The van der Waals surface area contributed by atoms with Crippen LogP contribution in [0.3, 0.4) is 0 Å². The lowest BCUT2D eigenvalue weighted by molar-refractivity contribution is 0.267. The molecule has 2 saturated carbocycles. The molecule has 3 fully saturated rings. The summed E-state index contributed by atoms with van der Waals surface area (Å²) in [6.45, 7) is 5.69. The largest absolute Gasteiger partial charge is 0.361 e. The van der Waals surface area contributed by atoms with Crippen molar-refractivity contribution in [2.24, 2.45) is 11.8 Å². The number of thiocarbonyl (C=S) groups is 1. The smallest absolute Gasteiger partial charge is 0.166 e. The summed E-state index contributed by atoms with van der Waals surface area (Å²) >= 11 is 5.48. The lowest BCUT2D eigenvalue weighted by Gasteiger charge is -2.27. The molecule has 19 heavy (non-hydrogen) atoms. The Hall–Kier alpha value is -0.350. The molecule has 1 aliphatic heterocycles. The van der Waals surface area contributed by atoms with Gasteiger partial charge in [-0.3, -0.25) is 4.90 Å². The van der Waals surface area contributed by atoms with Crippen molar-refractivity contribution < 1.29 is 0 Å². The van der Waals surface area contributed by atoms with Crippen LogP contribution in [0, 0.1) is 11.8 Å². The molecule has 4 atom stereocenters. The number of nitrogens with one attached hydrogen (secondary N) is 2. The Morgan fingerprint density at radius 1 is 1.26 bits per heavy atom. The van der Waals surface area contributed by atoms with Crippen LogP contribution in [0.15, 0.2) is 0 Å². The van der Waals surface area contributed by atoms with E-state index in [0.717, 1.165) is 23.5 Å². The Labute approximate surface area is 122 Å². The van der Waals surface area contributed by atoms with Crippen molar-refractivity contribution in [1.29, 1.82) is 0 Å². The van der Waals surface area contributed by atoms with Gasteiger partial charge in [-0.25, -0.2) is 0 Å². The zero-order valence-electron chi connectivity index (χ0n) is 12.0. The van der Waals surface area contributed by atoms with Crippen LogP contribution >= 0.6 is 12.2 Å². The molecule has 0 aromatic carbocycles. The van der Waals surface area contributed by atoms with Crippen molar-refractivity contribution in [2.75, 3.05) is 19.6 Å². The van der Waals surface area contributed by atoms with Crippen molar-refractivity contribution in [3.05, 3.63) is 0 Å². The highest BCUT2D eigenvalue weighted by Crippen LogP contribution is 2.44. The van der Waals surface area contributed by atoms with E-state index in [1.54, 1.807) is 0 Å². The molecular formula is C15H27N3S. The molecule has 2 bridgehead atoms. The molecule has 1 heterocycles. The summed E-state index contributed by atoms with van der Waals surface area (Å²) in [5.74, 6) is 1.87. The fourth-order valence-electron chi connectivity index (χ4n) is 4.39. The number of rotatable bonds is 4. The van der Waals surface area contributed by atoms with E-state index in [2.05, 4.69) is 22.5 Å². The molecule has 0 spiro atoms. The van der Waals surface area contributed by atoms with Gasteiger partial charge >= 0.3 is 0 Å². The Morgan fingerprint density at radius 3 is 2.84 bits per heavy atom. The van der Waals surface area contributed by atoms with Gasteiger partial charge < -0.3 is 10.6 Å². The van der Waals surface area contributed by atoms with Crippen molar-refractivity contribution in [1.82, 2.24) is 15.5 Å². The van der Waals surface area contributed by atoms with E-state index in [0.29, 0.717) is 12.1 Å². The van der Waals surface area contributed by atoms with Gasteiger partial charge in [0, 0.05) is 18.6 Å². The molecule has 2 aliphatic carbocycles. The molecule has 0 aromatic heterocycles. The van der Waals surface area contributed by atoms with Gasteiger partial charge in [-0.15, -0.1) is 0 Å². The first-order chi connectivity index (χ1) is 9.26. The molecule has 3 aliphatic rings. The molecule has 108 valence electrons. The Bertz CT molecular complexity index is 333. The van der Waals surface area contributed by atoms with E-state index in [9.17, 15) is 0 Å². The first-order valence-electron chi connectivity index (χ1n) is 8.04. The summed E-state index contributed by atoms with van der Waals surface area (Å²) in [4.78, 5) is 2.56. The summed E-state index contributed by atoms with van der Waals surface area (Å²) < 4.78 is 0. The second kappa shape index (κ2) is 5.96. The monoisotopic (exact) mass is 281 g/mol. The number of fused-ring (bicyclic) bond motifs is 2. The molecule has 1 saturated heterocycles. The molecule has 2 N–H and O–H groups in total. The second-order valence-corrected chi connectivity index (χ2v) is 6.97. The molecular weight excluding hydrogens is 254 g/mol. The van der Waals surface area contributed by atoms with Crippen LogP contribution in [-0.4, -0.2) is 41.7 Å². The van der Waals surface area contributed by atoms with Crippen LogP contribution in [0.5, 0.6) is 0 Å². The Balaban J connectivity index is 1.39. The first kappa shape index (κ1) is 13.6. The van der Waals surface area contributed by atoms with Gasteiger partial charge in [-0.2, -0.15) is 0 Å². The highest BCUT2D eigenvalue weighted by molar-refractivity contribution is 7.80. The molecule has 3 nitrogen and oxygen atoms in total. The highest BCUT2D eigenvalue weighted by Gasteiger charge is 2.39. The average molecular weight is 281 g/mol. The Morgan fingerprint density at radius 2 is 2.16 bits per heavy atom. The van der Waals surface area contributed by atoms with Crippen molar-refractivity contribution in [2.45, 2.75) is 57.5 Å². The van der Waals surface area contributed by atoms with Gasteiger partial charge in [0.2, 0.25) is 0 Å². The summed E-state index contributed by atoms with van der Waals surface area (Å²) in [5.41, 5.74) is 0.